The van der Waals surface area contributed by atoms with Crippen LogP contribution in [0.3, 0.4) is 0 Å². The SMILES string of the molecule is CC(C)NC(=O)Nc1ccc2n(c1=O)C[C@@H]1C[C@H]2CN(C)C1. The number of anilines is 1. The van der Waals surface area contributed by atoms with Crippen LogP contribution in [0, 0.1) is 5.92 Å². The topological polar surface area (TPSA) is 66.4 Å². The van der Waals surface area contributed by atoms with E-state index >= 15 is 0 Å². The molecular weight excluding hydrogens is 280 g/mol. The molecule has 2 amide bonds. The number of hydrogen-bond donors (Lipinski definition) is 2. The van der Waals surface area contributed by atoms with Gasteiger partial charge in [-0.05, 0) is 45.4 Å². The summed E-state index contributed by atoms with van der Waals surface area (Å²) in [6, 6.07) is 3.44. The molecule has 2 aliphatic heterocycles. The molecule has 2 aliphatic rings. The first-order chi connectivity index (χ1) is 10.4. The zero-order chi connectivity index (χ0) is 15.9. The van der Waals surface area contributed by atoms with Crippen LogP contribution >= 0.6 is 0 Å². The number of carbonyl (C=O) groups is 1. The third-order valence-electron chi connectivity index (χ3n) is 4.45. The first-order valence-electron chi connectivity index (χ1n) is 7.94. The molecule has 3 rings (SSSR count). The van der Waals surface area contributed by atoms with Gasteiger partial charge in [-0.1, -0.05) is 0 Å². The Morgan fingerprint density at radius 1 is 1.27 bits per heavy atom. The van der Waals surface area contributed by atoms with Crippen LogP contribution in [0.4, 0.5) is 10.5 Å². The number of urea groups is 1. The number of fused-ring (bicyclic) bond motifs is 4. The maximum absolute atomic E-state index is 12.7. The fourth-order valence-electron chi connectivity index (χ4n) is 3.70. The molecule has 2 N–H and O–H groups in total. The average Bonchev–Trinajstić information content (AvgIpc) is 2.41. The predicted molar refractivity (Wildman–Crippen MR) is 86.3 cm³/mol. The molecule has 0 aliphatic carbocycles. The second kappa shape index (κ2) is 5.76. The number of amides is 2. The zero-order valence-electron chi connectivity index (χ0n) is 13.4. The molecule has 120 valence electrons. The van der Waals surface area contributed by atoms with Crippen LogP contribution in [0.2, 0.25) is 0 Å². The van der Waals surface area contributed by atoms with Crippen molar-refractivity contribution in [2.75, 3.05) is 25.5 Å². The standard InChI is InChI=1S/C16H24N4O2/c1-10(2)17-16(22)18-13-4-5-14-12-6-11(7-19(3)9-12)8-20(14)15(13)21/h4-5,10-12H,6-9H2,1-3H3,(H2,17,18,22)/t11-,12+/m1/s1. The molecule has 22 heavy (non-hydrogen) atoms. The van der Waals surface area contributed by atoms with E-state index in [1.54, 1.807) is 6.07 Å². The molecular formula is C16H24N4O2. The van der Waals surface area contributed by atoms with Crippen LogP contribution in [0.15, 0.2) is 16.9 Å². The van der Waals surface area contributed by atoms with Crippen molar-refractivity contribution in [3.8, 4) is 0 Å². The Hall–Kier alpha value is -1.82. The van der Waals surface area contributed by atoms with Gasteiger partial charge in [0, 0.05) is 37.3 Å². The summed E-state index contributed by atoms with van der Waals surface area (Å²) in [6.45, 7) is 6.55. The van der Waals surface area contributed by atoms with Crippen molar-refractivity contribution in [2.24, 2.45) is 5.92 Å². The van der Waals surface area contributed by atoms with Crippen molar-refractivity contribution < 1.29 is 4.79 Å². The van der Waals surface area contributed by atoms with E-state index in [9.17, 15) is 9.59 Å². The van der Waals surface area contributed by atoms with E-state index in [2.05, 4.69) is 22.6 Å². The van der Waals surface area contributed by atoms with Gasteiger partial charge in [0.1, 0.15) is 5.69 Å². The highest BCUT2D eigenvalue weighted by Crippen LogP contribution is 2.34. The Kier molecular flexibility index (Phi) is 3.95. The van der Waals surface area contributed by atoms with Crippen molar-refractivity contribution in [1.29, 1.82) is 0 Å². The van der Waals surface area contributed by atoms with Crippen LogP contribution in [-0.2, 0) is 6.54 Å². The molecule has 1 fully saturated rings. The van der Waals surface area contributed by atoms with Crippen molar-refractivity contribution in [3.05, 3.63) is 28.2 Å². The minimum atomic E-state index is -0.330. The molecule has 0 unspecified atom stereocenters. The fourth-order valence-corrected chi connectivity index (χ4v) is 3.70. The highest BCUT2D eigenvalue weighted by molar-refractivity contribution is 5.89. The smallest absolute Gasteiger partial charge is 0.319 e. The number of hydrogen-bond acceptors (Lipinski definition) is 3. The Balaban J connectivity index is 1.87. The summed E-state index contributed by atoms with van der Waals surface area (Å²) in [4.78, 5) is 26.8. The Labute approximate surface area is 130 Å². The summed E-state index contributed by atoms with van der Waals surface area (Å²) in [5.41, 5.74) is 1.37. The fraction of sp³-hybridized carbons (Fsp3) is 0.625. The molecule has 0 radical (unpaired) electrons. The van der Waals surface area contributed by atoms with E-state index < -0.39 is 0 Å². The number of likely N-dealkylation sites (tertiary alicyclic amines) is 1. The molecule has 1 saturated heterocycles. The average molecular weight is 304 g/mol. The molecule has 0 spiro atoms. The predicted octanol–water partition coefficient (Wildman–Crippen LogP) is 1.43. The van der Waals surface area contributed by atoms with Crippen LogP contribution in [0.1, 0.15) is 31.9 Å². The largest absolute Gasteiger partial charge is 0.336 e. The first-order valence-corrected chi connectivity index (χ1v) is 7.94. The summed E-state index contributed by atoms with van der Waals surface area (Å²) >= 11 is 0. The third-order valence-corrected chi connectivity index (χ3v) is 4.45. The second-order valence-corrected chi connectivity index (χ2v) is 6.86. The Morgan fingerprint density at radius 3 is 2.77 bits per heavy atom. The molecule has 6 heteroatoms. The number of nitrogens with zero attached hydrogens (tertiary/aromatic N) is 2. The zero-order valence-corrected chi connectivity index (χ0v) is 13.4. The van der Waals surface area contributed by atoms with E-state index in [4.69, 9.17) is 0 Å². The first kappa shape index (κ1) is 15.1. The van der Waals surface area contributed by atoms with Crippen molar-refractivity contribution >= 4 is 11.7 Å². The van der Waals surface area contributed by atoms with Crippen molar-refractivity contribution in [1.82, 2.24) is 14.8 Å². The van der Waals surface area contributed by atoms with E-state index in [1.165, 1.54) is 0 Å². The number of aromatic nitrogens is 1. The normalized spacial score (nSPS) is 24.0. The van der Waals surface area contributed by atoms with Gasteiger partial charge >= 0.3 is 6.03 Å². The van der Waals surface area contributed by atoms with E-state index in [0.29, 0.717) is 17.5 Å². The summed E-state index contributed by atoms with van der Waals surface area (Å²) in [5.74, 6) is 0.942. The highest BCUT2D eigenvalue weighted by Gasteiger charge is 2.33. The highest BCUT2D eigenvalue weighted by atomic mass is 16.2. The maximum Gasteiger partial charge on any atom is 0.319 e. The number of pyridine rings is 1. The molecule has 6 nitrogen and oxygen atoms in total. The van der Waals surface area contributed by atoms with E-state index in [-0.39, 0.29) is 17.6 Å². The van der Waals surface area contributed by atoms with Gasteiger partial charge in [-0.2, -0.15) is 0 Å². The second-order valence-electron chi connectivity index (χ2n) is 6.86. The van der Waals surface area contributed by atoms with Crippen LogP contribution in [0.5, 0.6) is 0 Å². The lowest BCUT2D eigenvalue weighted by Crippen LogP contribution is -2.46. The molecule has 0 aromatic carbocycles. The summed E-state index contributed by atoms with van der Waals surface area (Å²) in [6.07, 6.45) is 1.16. The molecule has 3 heterocycles. The summed E-state index contributed by atoms with van der Waals surface area (Å²) in [5, 5.41) is 5.41. The number of nitrogens with one attached hydrogen (secondary N) is 2. The van der Waals surface area contributed by atoms with E-state index in [0.717, 1.165) is 31.7 Å². The van der Waals surface area contributed by atoms with Gasteiger partial charge in [0.25, 0.3) is 5.56 Å². The Bertz CT molecular complexity index is 638. The van der Waals surface area contributed by atoms with Gasteiger partial charge in [-0.3, -0.25) is 4.79 Å². The lowest BCUT2D eigenvalue weighted by molar-refractivity contribution is 0.145. The lowest BCUT2D eigenvalue weighted by atomic mass is 9.83. The van der Waals surface area contributed by atoms with Crippen LogP contribution in [0.25, 0.3) is 0 Å². The third kappa shape index (κ3) is 2.88. The monoisotopic (exact) mass is 304 g/mol. The van der Waals surface area contributed by atoms with Crippen LogP contribution < -0.4 is 16.2 Å². The lowest BCUT2D eigenvalue weighted by Gasteiger charge is -2.41. The molecule has 2 bridgehead atoms. The quantitative estimate of drug-likeness (QED) is 0.868. The van der Waals surface area contributed by atoms with Crippen LogP contribution in [-0.4, -0.2) is 41.7 Å². The van der Waals surface area contributed by atoms with Gasteiger partial charge < -0.3 is 20.1 Å². The van der Waals surface area contributed by atoms with Gasteiger partial charge in [-0.25, -0.2) is 4.79 Å². The number of likely N-dealkylation sites (N-methyl/N-ethyl adjacent to an activating group) is 1. The van der Waals surface area contributed by atoms with Gasteiger partial charge in [0.15, 0.2) is 0 Å². The van der Waals surface area contributed by atoms with Gasteiger partial charge in [0.2, 0.25) is 0 Å². The molecule has 2 atom stereocenters. The maximum atomic E-state index is 12.7. The number of rotatable bonds is 2. The molecule has 1 aromatic heterocycles. The Morgan fingerprint density at radius 2 is 2.05 bits per heavy atom. The van der Waals surface area contributed by atoms with Crippen molar-refractivity contribution in [2.45, 2.75) is 38.8 Å². The number of carbonyl (C=O) groups excluding carboxylic acids is 1. The minimum absolute atomic E-state index is 0.0373. The summed E-state index contributed by atoms with van der Waals surface area (Å²) < 4.78 is 1.86. The number of piperidine rings is 1. The minimum Gasteiger partial charge on any atom is -0.336 e. The van der Waals surface area contributed by atoms with Gasteiger partial charge in [-0.15, -0.1) is 0 Å². The molecule has 0 saturated carbocycles. The van der Waals surface area contributed by atoms with Gasteiger partial charge in [0.05, 0.1) is 0 Å². The summed E-state index contributed by atoms with van der Waals surface area (Å²) in [7, 11) is 2.14. The molecule has 1 aromatic rings. The van der Waals surface area contributed by atoms with Crippen molar-refractivity contribution in [3.63, 3.8) is 0 Å². The van der Waals surface area contributed by atoms with E-state index in [1.807, 2.05) is 24.5 Å².